The lowest BCUT2D eigenvalue weighted by molar-refractivity contribution is -0.274. The normalized spacial score (nSPS) is 18.1. The second-order valence-corrected chi connectivity index (χ2v) is 5.53. The van der Waals surface area contributed by atoms with E-state index in [1.165, 1.54) is 29.2 Å². The number of benzene rings is 1. The number of rotatable bonds is 4. The minimum absolute atomic E-state index is 0.179. The van der Waals surface area contributed by atoms with Gasteiger partial charge in [-0.25, -0.2) is 4.79 Å². The van der Waals surface area contributed by atoms with Gasteiger partial charge in [-0.3, -0.25) is 4.79 Å². The average Bonchev–Trinajstić information content (AvgIpc) is 2.52. The molecule has 2 rings (SSSR count). The van der Waals surface area contributed by atoms with E-state index < -0.39 is 12.4 Å². The fraction of sp³-hybridized carbons (Fsp3) is 0.467. The number of halogens is 3. The molecule has 1 aromatic rings. The van der Waals surface area contributed by atoms with E-state index in [9.17, 15) is 22.8 Å². The van der Waals surface area contributed by atoms with Crippen molar-refractivity contribution in [2.45, 2.75) is 25.7 Å². The number of hydrogen-bond donors (Lipinski definition) is 2. The van der Waals surface area contributed by atoms with Gasteiger partial charge in [-0.1, -0.05) is 12.1 Å². The second kappa shape index (κ2) is 7.41. The lowest BCUT2D eigenvalue weighted by atomic mass is 9.97. The highest BCUT2D eigenvalue weighted by molar-refractivity contribution is 5.80. The predicted molar refractivity (Wildman–Crippen MR) is 78.9 cm³/mol. The Kier molecular flexibility index (Phi) is 5.53. The van der Waals surface area contributed by atoms with E-state index in [1.54, 1.807) is 0 Å². The molecular formula is C15H18F3N3O3. The molecule has 132 valence electrons. The van der Waals surface area contributed by atoms with Crippen molar-refractivity contribution < 1.29 is 27.5 Å². The van der Waals surface area contributed by atoms with Crippen LogP contribution in [-0.4, -0.2) is 36.3 Å². The number of ether oxygens (including phenoxy) is 1. The van der Waals surface area contributed by atoms with Gasteiger partial charge in [-0.15, -0.1) is 13.2 Å². The molecule has 1 atom stereocenters. The summed E-state index contributed by atoms with van der Waals surface area (Å²) in [5, 5.41) is 2.72. The standard InChI is InChI=1S/C15H18F3N3O3/c16-15(17,18)24-12-5-3-10(4-6-12)8-20-13(22)11-2-1-7-21(9-11)14(19)23/h3-6,11H,1-2,7-9H2,(H2,19,23)(H,20,22). The molecule has 1 unspecified atom stereocenters. The smallest absolute Gasteiger partial charge is 0.406 e. The minimum atomic E-state index is -4.73. The summed E-state index contributed by atoms with van der Waals surface area (Å²) in [5.74, 6) is -0.863. The fourth-order valence-electron chi connectivity index (χ4n) is 2.53. The lowest BCUT2D eigenvalue weighted by Crippen LogP contribution is -2.47. The summed E-state index contributed by atoms with van der Waals surface area (Å²) < 4.78 is 40.0. The number of carbonyl (C=O) groups excluding carboxylic acids is 2. The van der Waals surface area contributed by atoms with Gasteiger partial charge in [0.05, 0.1) is 5.92 Å². The van der Waals surface area contributed by atoms with Crippen molar-refractivity contribution in [2.75, 3.05) is 13.1 Å². The first-order valence-corrected chi connectivity index (χ1v) is 7.41. The van der Waals surface area contributed by atoms with Gasteiger partial charge in [0.25, 0.3) is 0 Å². The van der Waals surface area contributed by atoms with Crippen LogP contribution in [0.2, 0.25) is 0 Å². The lowest BCUT2D eigenvalue weighted by Gasteiger charge is -2.30. The maximum absolute atomic E-state index is 12.1. The zero-order chi connectivity index (χ0) is 17.7. The van der Waals surface area contributed by atoms with Crippen LogP contribution in [0, 0.1) is 5.92 Å². The third-order valence-electron chi connectivity index (χ3n) is 3.73. The molecule has 0 aliphatic carbocycles. The molecule has 0 aromatic heterocycles. The van der Waals surface area contributed by atoms with Gasteiger partial charge in [-0.05, 0) is 30.5 Å². The van der Waals surface area contributed by atoms with Gasteiger partial charge in [-0.2, -0.15) is 0 Å². The first-order chi connectivity index (χ1) is 11.2. The first kappa shape index (κ1) is 17.9. The number of nitrogens with one attached hydrogen (secondary N) is 1. The molecule has 0 saturated carbocycles. The van der Waals surface area contributed by atoms with Gasteiger partial charge in [0.15, 0.2) is 0 Å². The maximum Gasteiger partial charge on any atom is 0.573 e. The van der Waals surface area contributed by atoms with Crippen LogP contribution in [0.15, 0.2) is 24.3 Å². The van der Waals surface area contributed by atoms with E-state index in [4.69, 9.17) is 5.73 Å². The molecular weight excluding hydrogens is 327 g/mol. The highest BCUT2D eigenvalue weighted by Crippen LogP contribution is 2.23. The number of primary amides is 1. The van der Waals surface area contributed by atoms with E-state index in [-0.39, 0.29) is 30.7 Å². The van der Waals surface area contributed by atoms with Crippen LogP contribution < -0.4 is 15.8 Å². The van der Waals surface area contributed by atoms with E-state index in [0.29, 0.717) is 24.9 Å². The zero-order valence-corrected chi connectivity index (χ0v) is 12.8. The number of amides is 3. The molecule has 0 bridgehead atoms. The number of urea groups is 1. The van der Waals surface area contributed by atoms with Crippen LogP contribution in [0.4, 0.5) is 18.0 Å². The van der Waals surface area contributed by atoms with Crippen molar-refractivity contribution in [3.05, 3.63) is 29.8 Å². The molecule has 1 heterocycles. The average molecular weight is 345 g/mol. The van der Waals surface area contributed by atoms with Crippen LogP contribution in [0.3, 0.4) is 0 Å². The SMILES string of the molecule is NC(=O)N1CCCC(C(=O)NCc2ccc(OC(F)(F)F)cc2)C1. The van der Waals surface area contributed by atoms with Gasteiger partial charge in [0.1, 0.15) is 5.75 Å². The summed E-state index contributed by atoms with van der Waals surface area (Å²) >= 11 is 0. The summed E-state index contributed by atoms with van der Waals surface area (Å²) in [6.45, 7) is 0.998. The topological polar surface area (TPSA) is 84.7 Å². The van der Waals surface area contributed by atoms with E-state index in [1.807, 2.05) is 0 Å². The second-order valence-electron chi connectivity index (χ2n) is 5.53. The van der Waals surface area contributed by atoms with E-state index in [2.05, 4.69) is 10.1 Å². The predicted octanol–water partition coefficient (Wildman–Crippen LogP) is 1.99. The van der Waals surface area contributed by atoms with Crippen LogP contribution in [0.5, 0.6) is 5.75 Å². The first-order valence-electron chi connectivity index (χ1n) is 7.41. The molecule has 3 N–H and O–H groups in total. The summed E-state index contributed by atoms with van der Waals surface area (Å²) in [5.41, 5.74) is 5.86. The Balaban J connectivity index is 1.84. The number of likely N-dealkylation sites (tertiary alicyclic amines) is 1. The van der Waals surface area contributed by atoms with Gasteiger partial charge in [0, 0.05) is 19.6 Å². The molecule has 24 heavy (non-hydrogen) atoms. The quantitative estimate of drug-likeness (QED) is 0.875. The zero-order valence-electron chi connectivity index (χ0n) is 12.8. The Morgan fingerprint density at radius 3 is 2.54 bits per heavy atom. The molecule has 3 amide bonds. The molecule has 0 spiro atoms. The van der Waals surface area contributed by atoms with Gasteiger partial charge >= 0.3 is 12.4 Å². The Hall–Kier alpha value is -2.45. The molecule has 1 aromatic carbocycles. The highest BCUT2D eigenvalue weighted by atomic mass is 19.4. The third-order valence-corrected chi connectivity index (χ3v) is 3.73. The van der Waals surface area contributed by atoms with Crippen LogP contribution in [0.1, 0.15) is 18.4 Å². The number of piperidine rings is 1. The van der Waals surface area contributed by atoms with E-state index >= 15 is 0 Å². The molecule has 6 nitrogen and oxygen atoms in total. The van der Waals surface area contributed by atoms with Crippen molar-refractivity contribution in [3.63, 3.8) is 0 Å². The molecule has 1 fully saturated rings. The number of alkyl halides is 3. The molecule has 0 radical (unpaired) electrons. The molecule has 1 saturated heterocycles. The number of nitrogens with zero attached hydrogens (tertiary/aromatic N) is 1. The van der Waals surface area contributed by atoms with Crippen molar-refractivity contribution in [1.29, 1.82) is 0 Å². The summed E-state index contributed by atoms with van der Waals surface area (Å²) in [7, 11) is 0. The molecule has 9 heteroatoms. The molecule has 1 aliphatic rings. The number of nitrogens with two attached hydrogens (primary N) is 1. The van der Waals surface area contributed by atoms with Crippen LogP contribution in [-0.2, 0) is 11.3 Å². The Labute approximate surface area is 136 Å². The minimum Gasteiger partial charge on any atom is -0.406 e. The van der Waals surface area contributed by atoms with Gasteiger partial charge in [0.2, 0.25) is 5.91 Å². The van der Waals surface area contributed by atoms with Crippen molar-refractivity contribution in [3.8, 4) is 5.75 Å². The molecule has 1 aliphatic heterocycles. The fourth-order valence-corrected chi connectivity index (χ4v) is 2.53. The monoisotopic (exact) mass is 345 g/mol. The number of carbonyl (C=O) groups is 2. The number of hydrogen-bond acceptors (Lipinski definition) is 3. The van der Waals surface area contributed by atoms with Crippen LogP contribution >= 0.6 is 0 Å². The van der Waals surface area contributed by atoms with Crippen molar-refractivity contribution >= 4 is 11.9 Å². The van der Waals surface area contributed by atoms with Crippen molar-refractivity contribution in [2.24, 2.45) is 11.7 Å². The Morgan fingerprint density at radius 2 is 1.96 bits per heavy atom. The highest BCUT2D eigenvalue weighted by Gasteiger charge is 2.31. The van der Waals surface area contributed by atoms with Gasteiger partial charge < -0.3 is 20.7 Å². The summed E-state index contributed by atoms with van der Waals surface area (Å²) in [6.07, 6.45) is -3.37. The summed E-state index contributed by atoms with van der Waals surface area (Å²) in [6, 6.07) is 4.71. The largest absolute Gasteiger partial charge is 0.573 e. The van der Waals surface area contributed by atoms with E-state index in [0.717, 1.165) is 0 Å². The van der Waals surface area contributed by atoms with Crippen molar-refractivity contribution in [1.82, 2.24) is 10.2 Å². The Morgan fingerprint density at radius 1 is 1.29 bits per heavy atom. The van der Waals surface area contributed by atoms with Crippen LogP contribution in [0.25, 0.3) is 0 Å². The maximum atomic E-state index is 12.1. The summed E-state index contributed by atoms with van der Waals surface area (Å²) in [4.78, 5) is 24.7. The third kappa shape index (κ3) is 5.32. The Bertz CT molecular complexity index is 590.